The highest BCUT2D eigenvalue weighted by Crippen LogP contribution is 2.18. The number of halogens is 1. The van der Waals surface area contributed by atoms with Crippen LogP contribution in [0.1, 0.15) is 16.2 Å². The zero-order valence-corrected chi connectivity index (χ0v) is 10.5. The number of aromatic amines is 1. The average molecular weight is 266 g/mol. The summed E-state index contributed by atoms with van der Waals surface area (Å²) in [6, 6.07) is 7.11. The second-order valence-electron chi connectivity index (χ2n) is 3.58. The number of nitrogens with one attached hydrogen (secondary N) is 2. The third-order valence-electron chi connectivity index (χ3n) is 2.38. The molecule has 18 heavy (non-hydrogen) atoms. The lowest BCUT2D eigenvalue weighted by Gasteiger charge is -2.05. The van der Waals surface area contributed by atoms with Crippen molar-refractivity contribution in [2.24, 2.45) is 0 Å². The van der Waals surface area contributed by atoms with Crippen LogP contribution in [0.15, 0.2) is 30.5 Å². The molecule has 0 saturated heterocycles. The maximum Gasteiger partial charge on any atom is 0.354 e. The lowest BCUT2D eigenvalue weighted by atomic mass is 10.4. The molecule has 5 nitrogen and oxygen atoms in total. The molecule has 0 aromatic carbocycles. The number of aromatic nitrogens is 2. The summed E-state index contributed by atoms with van der Waals surface area (Å²) < 4.78 is 4.61. The standard InChI is InChI=1S/C12H12ClN3O2/c1-18-12(17)10-5-4-8(16-10)7-15-9-3-2-6-14-11(9)13/h2-6,15-16H,7H2,1H3. The zero-order chi connectivity index (χ0) is 13.0. The first kappa shape index (κ1) is 12.4. The van der Waals surface area contributed by atoms with Crippen LogP contribution >= 0.6 is 11.6 Å². The molecule has 0 spiro atoms. The normalized spacial score (nSPS) is 10.1. The minimum atomic E-state index is -0.388. The van der Waals surface area contributed by atoms with Gasteiger partial charge in [-0.25, -0.2) is 9.78 Å². The Kier molecular flexibility index (Phi) is 3.84. The molecular formula is C12H12ClN3O2. The molecule has 0 unspecified atom stereocenters. The van der Waals surface area contributed by atoms with Crippen LogP contribution in [-0.4, -0.2) is 23.0 Å². The van der Waals surface area contributed by atoms with Crippen molar-refractivity contribution >= 4 is 23.3 Å². The number of esters is 1. The van der Waals surface area contributed by atoms with E-state index in [2.05, 4.69) is 20.0 Å². The number of carbonyl (C=O) groups excluding carboxylic acids is 1. The molecule has 94 valence electrons. The molecule has 2 rings (SSSR count). The van der Waals surface area contributed by atoms with Crippen molar-refractivity contribution in [3.63, 3.8) is 0 Å². The second kappa shape index (κ2) is 5.55. The van der Waals surface area contributed by atoms with Crippen LogP contribution in [0.5, 0.6) is 0 Å². The molecule has 0 aliphatic heterocycles. The molecule has 0 atom stereocenters. The van der Waals surface area contributed by atoms with Crippen molar-refractivity contribution < 1.29 is 9.53 Å². The number of hydrogen-bond donors (Lipinski definition) is 2. The third kappa shape index (κ3) is 2.81. The van der Waals surface area contributed by atoms with Gasteiger partial charge in [0, 0.05) is 11.9 Å². The Bertz CT molecular complexity index is 554. The van der Waals surface area contributed by atoms with Gasteiger partial charge in [0.2, 0.25) is 0 Å². The summed E-state index contributed by atoms with van der Waals surface area (Å²) in [5, 5.41) is 3.54. The quantitative estimate of drug-likeness (QED) is 0.658. The average Bonchev–Trinajstić information content (AvgIpc) is 2.86. The summed E-state index contributed by atoms with van der Waals surface area (Å²) in [5.41, 5.74) is 2.02. The van der Waals surface area contributed by atoms with Gasteiger partial charge in [-0.3, -0.25) is 0 Å². The Morgan fingerprint density at radius 2 is 2.33 bits per heavy atom. The van der Waals surface area contributed by atoms with Gasteiger partial charge in [-0.05, 0) is 24.3 Å². The second-order valence-corrected chi connectivity index (χ2v) is 3.94. The predicted octanol–water partition coefficient (Wildman–Crippen LogP) is 2.46. The predicted molar refractivity (Wildman–Crippen MR) is 68.7 cm³/mol. The number of ether oxygens (including phenoxy) is 1. The maximum atomic E-state index is 11.3. The van der Waals surface area contributed by atoms with E-state index in [-0.39, 0.29) is 5.97 Å². The van der Waals surface area contributed by atoms with Gasteiger partial charge < -0.3 is 15.0 Å². The number of hydrogen-bond acceptors (Lipinski definition) is 4. The molecule has 2 aromatic heterocycles. The lowest BCUT2D eigenvalue weighted by Crippen LogP contribution is -2.04. The summed E-state index contributed by atoms with van der Waals surface area (Å²) in [4.78, 5) is 18.2. The SMILES string of the molecule is COC(=O)c1ccc(CNc2cccnc2Cl)[nH]1. The fourth-order valence-electron chi connectivity index (χ4n) is 1.48. The zero-order valence-electron chi connectivity index (χ0n) is 9.74. The first-order chi connectivity index (χ1) is 8.70. The van der Waals surface area contributed by atoms with Gasteiger partial charge in [0.15, 0.2) is 5.15 Å². The first-order valence-corrected chi connectivity index (χ1v) is 5.69. The van der Waals surface area contributed by atoms with E-state index in [4.69, 9.17) is 11.6 Å². The maximum absolute atomic E-state index is 11.3. The highest BCUT2D eigenvalue weighted by atomic mass is 35.5. The molecule has 2 N–H and O–H groups in total. The first-order valence-electron chi connectivity index (χ1n) is 5.31. The van der Waals surface area contributed by atoms with Crippen LogP contribution in [0, 0.1) is 0 Å². The highest BCUT2D eigenvalue weighted by Gasteiger charge is 2.08. The Morgan fingerprint density at radius 1 is 1.50 bits per heavy atom. The minimum absolute atomic E-state index is 0.388. The van der Waals surface area contributed by atoms with Crippen LogP contribution < -0.4 is 5.32 Å². The molecule has 0 aliphatic rings. The van der Waals surface area contributed by atoms with Gasteiger partial charge in [-0.1, -0.05) is 11.6 Å². The summed E-state index contributed by atoms with van der Waals surface area (Å²) in [6.07, 6.45) is 1.62. The fourth-order valence-corrected chi connectivity index (χ4v) is 1.67. The molecule has 0 radical (unpaired) electrons. The van der Waals surface area contributed by atoms with Crippen molar-refractivity contribution in [2.75, 3.05) is 12.4 Å². The molecule has 0 fully saturated rings. The summed E-state index contributed by atoms with van der Waals surface area (Å²) in [7, 11) is 1.34. The number of anilines is 1. The van der Waals surface area contributed by atoms with Crippen LogP contribution in [0.2, 0.25) is 5.15 Å². The summed E-state index contributed by atoms with van der Waals surface area (Å²) in [5.74, 6) is -0.388. The molecule has 0 saturated carbocycles. The molecule has 0 amide bonds. The van der Waals surface area contributed by atoms with Crippen molar-refractivity contribution in [2.45, 2.75) is 6.54 Å². The number of H-pyrrole nitrogens is 1. The van der Waals surface area contributed by atoms with Crippen LogP contribution in [0.4, 0.5) is 5.69 Å². The van der Waals surface area contributed by atoms with Crippen molar-refractivity contribution in [3.8, 4) is 0 Å². The smallest absolute Gasteiger partial charge is 0.354 e. The van der Waals surface area contributed by atoms with E-state index in [1.165, 1.54) is 7.11 Å². The molecule has 6 heteroatoms. The van der Waals surface area contributed by atoms with Crippen LogP contribution in [-0.2, 0) is 11.3 Å². The van der Waals surface area contributed by atoms with Gasteiger partial charge >= 0.3 is 5.97 Å². The van der Waals surface area contributed by atoms with E-state index >= 15 is 0 Å². The van der Waals surface area contributed by atoms with Gasteiger partial charge in [0.25, 0.3) is 0 Å². The van der Waals surface area contributed by atoms with Crippen molar-refractivity contribution in [1.29, 1.82) is 0 Å². The van der Waals surface area contributed by atoms with Crippen LogP contribution in [0.3, 0.4) is 0 Å². The van der Waals surface area contributed by atoms with Crippen LogP contribution in [0.25, 0.3) is 0 Å². The molecule has 0 aliphatic carbocycles. The molecule has 2 heterocycles. The van der Waals surface area contributed by atoms with E-state index in [1.807, 2.05) is 12.1 Å². The largest absolute Gasteiger partial charge is 0.464 e. The van der Waals surface area contributed by atoms with Gasteiger partial charge in [0.05, 0.1) is 19.3 Å². The van der Waals surface area contributed by atoms with E-state index in [0.29, 0.717) is 17.4 Å². The van der Waals surface area contributed by atoms with E-state index in [9.17, 15) is 4.79 Å². The number of rotatable bonds is 4. The topological polar surface area (TPSA) is 67.0 Å². The van der Waals surface area contributed by atoms with E-state index < -0.39 is 0 Å². The summed E-state index contributed by atoms with van der Waals surface area (Å²) in [6.45, 7) is 0.516. The number of nitrogens with zero attached hydrogens (tertiary/aromatic N) is 1. The number of methoxy groups -OCH3 is 1. The minimum Gasteiger partial charge on any atom is -0.464 e. The van der Waals surface area contributed by atoms with E-state index in [1.54, 1.807) is 18.3 Å². The van der Waals surface area contributed by atoms with Crippen molar-refractivity contribution in [3.05, 3.63) is 47.0 Å². The lowest BCUT2D eigenvalue weighted by molar-refractivity contribution is 0.0594. The summed E-state index contributed by atoms with van der Waals surface area (Å²) >= 11 is 5.91. The van der Waals surface area contributed by atoms with Gasteiger partial charge in [0.1, 0.15) is 5.69 Å². The third-order valence-corrected chi connectivity index (χ3v) is 2.68. The van der Waals surface area contributed by atoms with E-state index in [0.717, 1.165) is 11.4 Å². The number of carbonyl (C=O) groups is 1. The number of pyridine rings is 1. The van der Waals surface area contributed by atoms with Gasteiger partial charge in [-0.2, -0.15) is 0 Å². The fraction of sp³-hybridized carbons (Fsp3) is 0.167. The molecule has 2 aromatic rings. The monoisotopic (exact) mass is 265 g/mol. The Labute approximate surface area is 109 Å². The Hall–Kier alpha value is -2.01. The van der Waals surface area contributed by atoms with Gasteiger partial charge in [-0.15, -0.1) is 0 Å². The Morgan fingerprint density at radius 3 is 3.06 bits per heavy atom. The van der Waals surface area contributed by atoms with Crippen molar-refractivity contribution in [1.82, 2.24) is 9.97 Å². The molecular weight excluding hydrogens is 254 g/mol. The Balaban J connectivity index is 2.01. The molecule has 0 bridgehead atoms. The highest BCUT2D eigenvalue weighted by molar-refractivity contribution is 6.31.